The molecule has 0 atom stereocenters. The molecule has 1 aromatic heterocycles. The third-order valence-electron chi connectivity index (χ3n) is 6.66. The van der Waals surface area contributed by atoms with Crippen LogP contribution < -0.4 is 5.46 Å². The van der Waals surface area contributed by atoms with Crippen molar-refractivity contribution in [3.63, 3.8) is 0 Å². The fourth-order valence-corrected chi connectivity index (χ4v) is 4.87. The summed E-state index contributed by atoms with van der Waals surface area (Å²) in [6, 6.07) is 8.61. The summed E-state index contributed by atoms with van der Waals surface area (Å²) in [4.78, 5) is 1.37. The molecule has 0 radical (unpaired) electrons. The molecule has 3 nitrogen and oxygen atoms in total. The Kier molecular flexibility index (Phi) is 4.98. The molecule has 144 valence electrons. The van der Waals surface area contributed by atoms with Crippen LogP contribution in [-0.2, 0) is 15.7 Å². The summed E-state index contributed by atoms with van der Waals surface area (Å²) in [6.45, 7) is 10.6. The summed E-state index contributed by atoms with van der Waals surface area (Å²) in [7, 11) is -0.306. The molecule has 1 aliphatic carbocycles. The van der Waals surface area contributed by atoms with Gasteiger partial charge in [0.1, 0.15) is 0 Å². The lowest BCUT2D eigenvalue weighted by molar-refractivity contribution is 0.00578. The molecule has 2 aromatic rings. The van der Waals surface area contributed by atoms with Gasteiger partial charge in [-0.3, -0.25) is 0 Å². The maximum Gasteiger partial charge on any atom is 0.494 e. The van der Waals surface area contributed by atoms with E-state index in [1.165, 1.54) is 53.8 Å². The van der Waals surface area contributed by atoms with Crippen molar-refractivity contribution in [2.75, 3.05) is 0 Å². The van der Waals surface area contributed by atoms with Gasteiger partial charge in [-0.05, 0) is 69.5 Å². The first-order valence-electron chi connectivity index (χ1n) is 10.2. The molecule has 1 aliphatic heterocycles. The van der Waals surface area contributed by atoms with Gasteiger partial charge < -0.3 is 9.31 Å². The van der Waals surface area contributed by atoms with E-state index in [0.717, 1.165) is 11.4 Å². The summed E-state index contributed by atoms with van der Waals surface area (Å²) in [5.41, 5.74) is 4.28. The van der Waals surface area contributed by atoms with Crippen molar-refractivity contribution in [1.29, 1.82) is 0 Å². The number of benzene rings is 1. The van der Waals surface area contributed by atoms with Crippen LogP contribution in [0.15, 0.2) is 24.3 Å². The van der Waals surface area contributed by atoms with Gasteiger partial charge in [-0.25, -0.2) is 0 Å². The first-order valence-corrected chi connectivity index (χ1v) is 11.0. The molecule has 2 aliphatic rings. The van der Waals surface area contributed by atoms with Crippen LogP contribution >= 0.6 is 11.5 Å². The zero-order valence-electron chi connectivity index (χ0n) is 17.2. The minimum absolute atomic E-state index is 0.306. The summed E-state index contributed by atoms with van der Waals surface area (Å²) in [5, 5.41) is 0. The number of aromatic nitrogens is 1. The molecule has 0 amide bonds. The third kappa shape index (κ3) is 3.62. The molecule has 0 spiro atoms. The van der Waals surface area contributed by atoms with Crippen LogP contribution in [0.3, 0.4) is 0 Å². The van der Waals surface area contributed by atoms with Gasteiger partial charge in [0.15, 0.2) is 0 Å². The Labute approximate surface area is 167 Å². The van der Waals surface area contributed by atoms with E-state index >= 15 is 0 Å². The SMILES string of the molecule is Cc1snc(-c2ccc(B3OC(C)(C)C(C)(C)O3)cc2)c1CC1CCCC1. The maximum absolute atomic E-state index is 6.18. The van der Waals surface area contributed by atoms with Crippen LogP contribution in [0.25, 0.3) is 11.3 Å². The van der Waals surface area contributed by atoms with Crippen LogP contribution in [0.1, 0.15) is 63.8 Å². The molecule has 2 fully saturated rings. The molecule has 5 heteroatoms. The molecule has 4 rings (SSSR count). The zero-order valence-corrected chi connectivity index (χ0v) is 18.0. The van der Waals surface area contributed by atoms with Crippen LogP contribution in [-0.4, -0.2) is 22.7 Å². The Morgan fingerprint density at radius 3 is 2.22 bits per heavy atom. The second-order valence-electron chi connectivity index (χ2n) is 9.13. The van der Waals surface area contributed by atoms with Gasteiger partial charge in [0.05, 0.1) is 16.9 Å². The van der Waals surface area contributed by atoms with E-state index in [2.05, 4.69) is 58.9 Å². The first kappa shape index (κ1) is 19.2. The molecule has 0 N–H and O–H groups in total. The molecule has 1 aromatic carbocycles. The van der Waals surface area contributed by atoms with Gasteiger partial charge >= 0.3 is 7.12 Å². The molecule has 1 saturated carbocycles. The van der Waals surface area contributed by atoms with Crippen molar-refractivity contribution < 1.29 is 9.31 Å². The molecule has 2 heterocycles. The molecular weight excluding hydrogens is 353 g/mol. The quantitative estimate of drug-likeness (QED) is 0.685. The van der Waals surface area contributed by atoms with Crippen LogP contribution in [0, 0.1) is 12.8 Å². The second kappa shape index (κ2) is 7.02. The summed E-state index contributed by atoms with van der Waals surface area (Å²) < 4.78 is 17.1. The molecule has 0 bridgehead atoms. The van der Waals surface area contributed by atoms with Gasteiger partial charge in [-0.1, -0.05) is 49.9 Å². The standard InChI is InChI=1S/C22H30BNO2S/c1-15-19(14-16-8-6-7-9-16)20(24-27-15)17-10-12-18(13-11-17)23-25-21(2,3)22(4,5)26-23/h10-13,16H,6-9,14H2,1-5H3. The largest absolute Gasteiger partial charge is 0.494 e. The Morgan fingerprint density at radius 2 is 1.63 bits per heavy atom. The topological polar surface area (TPSA) is 31.4 Å². The van der Waals surface area contributed by atoms with Crippen molar-refractivity contribution >= 4 is 24.1 Å². The Balaban J connectivity index is 1.55. The fourth-order valence-electron chi connectivity index (χ4n) is 4.14. The van der Waals surface area contributed by atoms with Crippen molar-refractivity contribution in [3.05, 3.63) is 34.7 Å². The van der Waals surface area contributed by atoms with E-state index in [0.29, 0.717) is 0 Å². The van der Waals surface area contributed by atoms with Gasteiger partial charge in [0.25, 0.3) is 0 Å². The van der Waals surface area contributed by atoms with Crippen LogP contribution in [0.2, 0.25) is 0 Å². The third-order valence-corrected chi connectivity index (χ3v) is 7.46. The van der Waals surface area contributed by atoms with Crippen molar-refractivity contribution in [3.8, 4) is 11.3 Å². The van der Waals surface area contributed by atoms with E-state index in [-0.39, 0.29) is 18.3 Å². The van der Waals surface area contributed by atoms with E-state index in [1.807, 2.05) is 0 Å². The first-order chi connectivity index (χ1) is 12.8. The number of nitrogens with zero attached hydrogens (tertiary/aromatic N) is 1. The van der Waals surface area contributed by atoms with E-state index in [4.69, 9.17) is 13.7 Å². The predicted molar refractivity (Wildman–Crippen MR) is 114 cm³/mol. The zero-order chi connectivity index (χ0) is 19.2. The Bertz CT molecular complexity index is 790. The maximum atomic E-state index is 6.18. The average Bonchev–Trinajstić information content (AvgIpc) is 3.29. The summed E-state index contributed by atoms with van der Waals surface area (Å²) >= 11 is 1.64. The van der Waals surface area contributed by atoms with Crippen LogP contribution in [0.4, 0.5) is 0 Å². The fraction of sp³-hybridized carbons (Fsp3) is 0.591. The van der Waals surface area contributed by atoms with Gasteiger partial charge in [-0.15, -0.1) is 0 Å². The average molecular weight is 383 g/mol. The van der Waals surface area contributed by atoms with Gasteiger partial charge in [0.2, 0.25) is 0 Å². The minimum Gasteiger partial charge on any atom is -0.399 e. The van der Waals surface area contributed by atoms with E-state index in [9.17, 15) is 0 Å². The molecule has 0 unspecified atom stereocenters. The molecule has 27 heavy (non-hydrogen) atoms. The van der Waals surface area contributed by atoms with Crippen molar-refractivity contribution in [1.82, 2.24) is 4.37 Å². The number of rotatable bonds is 4. The summed E-state index contributed by atoms with van der Waals surface area (Å²) in [5.74, 6) is 0.836. The highest BCUT2D eigenvalue weighted by Gasteiger charge is 2.51. The lowest BCUT2D eigenvalue weighted by Gasteiger charge is -2.32. The van der Waals surface area contributed by atoms with Gasteiger partial charge in [-0.2, -0.15) is 4.37 Å². The second-order valence-corrected chi connectivity index (χ2v) is 10.1. The van der Waals surface area contributed by atoms with E-state index < -0.39 is 0 Å². The Morgan fingerprint density at radius 1 is 1.04 bits per heavy atom. The van der Waals surface area contributed by atoms with Gasteiger partial charge in [0, 0.05) is 10.4 Å². The van der Waals surface area contributed by atoms with Crippen molar-refractivity contribution in [2.45, 2.75) is 77.9 Å². The lowest BCUT2D eigenvalue weighted by atomic mass is 9.78. The molecule has 1 saturated heterocycles. The summed E-state index contributed by atoms with van der Waals surface area (Å²) in [6.07, 6.45) is 6.70. The lowest BCUT2D eigenvalue weighted by Crippen LogP contribution is -2.41. The smallest absolute Gasteiger partial charge is 0.399 e. The number of hydrogen-bond acceptors (Lipinski definition) is 4. The normalized spacial score (nSPS) is 21.9. The highest BCUT2D eigenvalue weighted by Crippen LogP contribution is 2.37. The highest BCUT2D eigenvalue weighted by molar-refractivity contribution is 7.06. The van der Waals surface area contributed by atoms with E-state index in [1.54, 1.807) is 11.5 Å². The monoisotopic (exact) mass is 383 g/mol. The van der Waals surface area contributed by atoms with Crippen LogP contribution in [0.5, 0.6) is 0 Å². The minimum atomic E-state index is -0.309. The highest BCUT2D eigenvalue weighted by atomic mass is 32.1. The molecular formula is C22H30BNO2S. The number of aryl methyl sites for hydroxylation is 1. The van der Waals surface area contributed by atoms with Crippen molar-refractivity contribution in [2.24, 2.45) is 5.92 Å². The number of hydrogen-bond donors (Lipinski definition) is 0. The predicted octanol–water partition coefficient (Wildman–Crippen LogP) is 5.15. The Hall–Kier alpha value is -1.17.